The van der Waals surface area contributed by atoms with Crippen LogP contribution in [0.2, 0.25) is 0 Å². The fraction of sp³-hybridized carbons (Fsp3) is 0.273. The van der Waals surface area contributed by atoms with Gasteiger partial charge in [0.05, 0.1) is 0 Å². The maximum atomic E-state index is 11.6. The van der Waals surface area contributed by atoms with Gasteiger partial charge in [-0.15, -0.1) is 0 Å². The molecular weight excluding hydrogens is 190 g/mol. The molecule has 0 bridgehead atoms. The van der Waals surface area contributed by atoms with Gasteiger partial charge in [0.1, 0.15) is 11.3 Å². The fourth-order valence-corrected chi connectivity index (χ4v) is 1.42. The Morgan fingerprint density at radius 3 is 2.87 bits per heavy atom. The summed E-state index contributed by atoms with van der Waals surface area (Å²) in [6, 6.07) is 3.94. The lowest BCUT2D eigenvalue weighted by Gasteiger charge is -2.06. The van der Waals surface area contributed by atoms with Crippen molar-refractivity contribution in [2.24, 2.45) is 0 Å². The number of aromatic nitrogens is 2. The minimum atomic E-state index is -0.0728. The minimum absolute atomic E-state index is 0.0728. The SMILES string of the molecule is Cc1ccn2cc(C(=O)N(C)C)nc2c1. The molecule has 0 N–H and O–H groups in total. The number of aryl methyl sites for hydroxylation is 1. The third kappa shape index (κ3) is 1.70. The zero-order chi connectivity index (χ0) is 11.0. The highest BCUT2D eigenvalue weighted by atomic mass is 16.2. The van der Waals surface area contributed by atoms with Gasteiger partial charge in [0.15, 0.2) is 0 Å². The van der Waals surface area contributed by atoms with E-state index in [0.717, 1.165) is 11.2 Å². The Kier molecular flexibility index (Phi) is 2.19. The van der Waals surface area contributed by atoms with E-state index in [1.54, 1.807) is 20.3 Å². The summed E-state index contributed by atoms with van der Waals surface area (Å²) in [6.07, 6.45) is 3.65. The Balaban J connectivity index is 2.52. The van der Waals surface area contributed by atoms with E-state index in [2.05, 4.69) is 4.98 Å². The van der Waals surface area contributed by atoms with E-state index in [0.29, 0.717) is 5.69 Å². The number of hydrogen-bond acceptors (Lipinski definition) is 2. The Morgan fingerprint density at radius 1 is 1.47 bits per heavy atom. The number of imidazole rings is 1. The van der Waals surface area contributed by atoms with E-state index >= 15 is 0 Å². The number of nitrogens with zero attached hydrogens (tertiary/aromatic N) is 3. The van der Waals surface area contributed by atoms with E-state index in [1.165, 1.54) is 4.90 Å². The van der Waals surface area contributed by atoms with Crippen LogP contribution in [0.5, 0.6) is 0 Å². The molecule has 4 heteroatoms. The van der Waals surface area contributed by atoms with Crippen molar-refractivity contribution >= 4 is 11.6 Å². The lowest BCUT2D eigenvalue weighted by Crippen LogP contribution is -2.21. The summed E-state index contributed by atoms with van der Waals surface area (Å²) in [5.41, 5.74) is 2.42. The zero-order valence-electron chi connectivity index (χ0n) is 9.06. The molecule has 4 nitrogen and oxygen atoms in total. The van der Waals surface area contributed by atoms with Crippen LogP contribution < -0.4 is 0 Å². The number of hydrogen-bond donors (Lipinski definition) is 0. The number of rotatable bonds is 1. The third-order valence-electron chi connectivity index (χ3n) is 2.24. The molecular formula is C11H13N3O. The molecule has 0 aromatic carbocycles. The smallest absolute Gasteiger partial charge is 0.273 e. The van der Waals surface area contributed by atoms with Crippen molar-refractivity contribution < 1.29 is 4.79 Å². The molecule has 0 radical (unpaired) electrons. The first kappa shape index (κ1) is 9.71. The van der Waals surface area contributed by atoms with Crippen LogP contribution in [0.4, 0.5) is 0 Å². The van der Waals surface area contributed by atoms with Gasteiger partial charge in [0.2, 0.25) is 0 Å². The van der Waals surface area contributed by atoms with Crippen molar-refractivity contribution in [3.8, 4) is 0 Å². The van der Waals surface area contributed by atoms with Crippen molar-refractivity contribution in [3.63, 3.8) is 0 Å². The van der Waals surface area contributed by atoms with E-state index in [9.17, 15) is 4.79 Å². The molecule has 1 amide bonds. The van der Waals surface area contributed by atoms with Crippen LogP contribution in [-0.4, -0.2) is 34.3 Å². The van der Waals surface area contributed by atoms with Gasteiger partial charge in [-0.25, -0.2) is 4.98 Å². The predicted octanol–water partition coefficient (Wildman–Crippen LogP) is 1.34. The van der Waals surface area contributed by atoms with E-state index in [1.807, 2.05) is 29.7 Å². The van der Waals surface area contributed by atoms with E-state index < -0.39 is 0 Å². The summed E-state index contributed by atoms with van der Waals surface area (Å²) < 4.78 is 1.85. The summed E-state index contributed by atoms with van der Waals surface area (Å²) in [7, 11) is 3.44. The number of amides is 1. The van der Waals surface area contributed by atoms with Crippen LogP contribution in [0, 0.1) is 6.92 Å². The van der Waals surface area contributed by atoms with Crippen LogP contribution in [0.3, 0.4) is 0 Å². The van der Waals surface area contributed by atoms with Gasteiger partial charge in [0, 0.05) is 26.5 Å². The first-order valence-electron chi connectivity index (χ1n) is 4.75. The quantitative estimate of drug-likeness (QED) is 0.701. The van der Waals surface area contributed by atoms with E-state index in [-0.39, 0.29) is 5.91 Å². The topological polar surface area (TPSA) is 37.6 Å². The van der Waals surface area contributed by atoms with Gasteiger partial charge in [-0.3, -0.25) is 4.79 Å². The molecule has 0 aliphatic carbocycles. The highest BCUT2D eigenvalue weighted by Crippen LogP contribution is 2.08. The third-order valence-corrected chi connectivity index (χ3v) is 2.24. The summed E-state index contributed by atoms with van der Waals surface area (Å²) in [5, 5.41) is 0. The normalized spacial score (nSPS) is 10.6. The lowest BCUT2D eigenvalue weighted by atomic mass is 10.3. The molecule has 2 heterocycles. The number of carbonyl (C=O) groups is 1. The highest BCUT2D eigenvalue weighted by Gasteiger charge is 2.11. The number of pyridine rings is 1. The Bertz CT molecular complexity index is 514. The van der Waals surface area contributed by atoms with Crippen LogP contribution in [0.25, 0.3) is 5.65 Å². The van der Waals surface area contributed by atoms with Gasteiger partial charge in [-0.1, -0.05) is 0 Å². The molecule has 0 saturated carbocycles. The van der Waals surface area contributed by atoms with Crippen LogP contribution >= 0.6 is 0 Å². The molecule has 2 aromatic heterocycles. The van der Waals surface area contributed by atoms with Gasteiger partial charge in [0.25, 0.3) is 5.91 Å². The largest absolute Gasteiger partial charge is 0.343 e. The average molecular weight is 203 g/mol. The molecule has 0 atom stereocenters. The Labute approximate surface area is 88.2 Å². The van der Waals surface area contributed by atoms with Crippen molar-refractivity contribution in [2.75, 3.05) is 14.1 Å². The lowest BCUT2D eigenvalue weighted by molar-refractivity contribution is 0.0822. The molecule has 2 rings (SSSR count). The number of fused-ring (bicyclic) bond motifs is 1. The molecule has 0 aliphatic rings. The summed E-state index contributed by atoms with van der Waals surface area (Å²) in [4.78, 5) is 17.4. The summed E-state index contributed by atoms with van der Waals surface area (Å²) in [5.74, 6) is -0.0728. The minimum Gasteiger partial charge on any atom is -0.343 e. The monoisotopic (exact) mass is 203 g/mol. The van der Waals surface area contributed by atoms with Crippen molar-refractivity contribution in [1.82, 2.24) is 14.3 Å². The molecule has 0 spiro atoms. The molecule has 78 valence electrons. The van der Waals surface area contributed by atoms with Gasteiger partial charge in [-0.05, 0) is 24.6 Å². The molecule has 0 saturated heterocycles. The van der Waals surface area contributed by atoms with Crippen molar-refractivity contribution in [3.05, 3.63) is 35.8 Å². The summed E-state index contributed by atoms with van der Waals surface area (Å²) >= 11 is 0. The van der Waals surface area contributed by atoms with Gasteiger partial charge >= 0.3 is 0 Å². The van der Waals surface area contributed by atoms with E-state index in [4.69, 9.17) is 0 Å². The highest BCUT2D eigenvalue weighted by molar-refractivity contribution is 5.92. The van der Waals surface area contributed by atoms with Crippen molar-refractivity contribution in [2.45, 2.75) is 6.92 Å². The Morgan fingerprint density at radius 2 is 2.20 bits per heavy atom. The van der Waals surface area contributed by atoms with Crippen LogP contribution in [-0.2, 0) is 0 Å². The second kappa shape index (κ2) is 3.38. The van der Waals surface area contributed by atoms with Crippen molar-refractivity contribution in [1.29, 1.82) is 0 Å². The first-order chi connectivity index (χ1) is 7.08. The summed E-state index contributed by atoms with van der Waals surface area (Å²) in [6.45, 7) is 2.00. The van der Waals surface area contributed by atoms with Gasteiger partial charge < -0.3 is 9.30 Å². The maximum Gasteiger partial charge on any atom is 0.273 e. The molecule has 2 aromatic rings. The first-order valence-corrected chi connectivity index (χ1v) is 4.75. The molecule has 15 heavy (non-hydrogen) atoms. The van der Waals surface area contributed by atoms with Gasteiger partial charge in [-0.2, -0.15) is 0 Å². The zero-order valence-corrected chi connectivity index (χ0v) is 9.06. The molecule has 0 unspecified atom stereocenters. The second-order valence-electron chi connectivity index (χ2n) is 3.80. The molecule has 0 aliphatic heterocycles. The fourth-order valence-electron chi connectivity index (χ4n) is 1.42. The van der Waals surface area contributed by atoms with Crippen LogP contribution in [0.15, 0.2) is 24.5 Å². The standard InChI is InChI=1S/C11H13N3O/c1-8-4-5-14-7-9(11(15)13(2)3)12-10(14)6-8/h4-7H,1-3H3. The Hall–Kier alpha value is -1.84. The predicted molar refractivity (Wildman–Crippen MR) is 57.9 cm³/mol. The average Bonchev–Trinajstić information content (AvgIpc) is 2.58. The second-order valence-corrected chi connectivity index (χ2v) is 3.80. The maximum absolute atomic E-state index is 11.6. The number of carbonyl (C=O) groups excluding carboxylic acids is 1. The van der Waals surface area contributed by atoms with Crippen LogP contribution in [0.1, 0.15) is 16.1 Å². The molecule has 0 fully saturated rings.